The highest BCUT2D eigenvalue weighted by Crippen LogP contribution is 2.17. The summed E-state index contributed by atoms with van der Waals surface area (Å²) in [4.78, 5) is 11.7. The van der Waals surface area contributed by atoms with E-state index in [1.54, 1.807) is 18.2 Å². The van der Waals surface area contributed by atoms with E-state index in [0.29, 0.717) is 11.3 Å². The van der Waals surface area contributed by atoms with E-state index in [9.17, 15) is 14.3 Å². The van der Waals surface area contributed by atoms with Crippen LogP contribution < -0.4 is 5.32 Å². The largest absolute Gasteiger partial charge is 0.388 e. The predicted octanol–water partition coefficient (Wildman–Crippen LogP) is 2.91. The zero-order valence-electron chi connectivity index (χ0n) is 12.0. The van der Waals surface area contributed by atoms with Crippen molar-refractivity contribution >= 4 is 17.7 Å². The first kappa shape index (κ1) is 16.5. The molecular weight excluding hydrogens is 301 g/mol. The van der Waals surface area contributed by atoms with Crippen molar-refractivity contribution in [1.29, 1.82) is 0 Å². The van der Waals surface area contributed by atoms with Gasteiger partial charge < -0.3 is 10.4 Å². The first-order chi connectivity index (χ1) is 10.7. The van der Waals surface area contributed by atoms with Crippen LogP contribution in [0.3, 0.4) is 0 Å². The van der Waals surface area contributed by atoms with E-state index in [1.807, 2.05) is 30.3 Å². The van der Waals surface area contributed by atoms with Crippen molar-refractivity contribution in [3.8, 4) is 0 Å². The molecule has 0 saturated carbocycles. The Labute approximate surface area is 133 Å². The SMILES string of the molecule is O=C(CSC[C@@H](O)c1ccccc1)NCc1ccccc1F. The van der Waals surface area contributed by atoms with Crippen LogP contribution in [-0.2, 0) is 11.3 Å². The summed E-state index contributed by atoms with van der Waals surface area (Å²) in [6, 6.07) is 15.7. The van der Waals surface area contributed by atoms with Crippen molar-refractivity contribution in [1.82, 2.24) is 5.32 Å². The topological polar surface area (TPSA) is 49.3 Å². The average molecular weight is 319 g/mol. The van der Waals surface area contributed by atoms with Gasteiger partial charge in [0.25, 0.3) is 0 Å². The normalized spacial score (nSPS) is 11.9. The Morgan fingerprint density at radius 2 is 1.82 bits per heavy atom. The highest BCUT2D eigenvalue weighted by molar-refractivity contribution is 7.99. The van der Waals surface area contributed by atoms with Gasteiger partial charge in [0.05, 0.1) is 11.9 Å². The Morgan fingerprint density at radius 3 is 2.55 bits per heavy atom. The van der Waals surface area contributed by atoms with Crippen molar-refractivity contribution in [2.75, 3.05) is 11.5 Å². The predicted molar refractivity (Wildman–Crippen MR) is 87.0 cm³/mol. The van der Waals surface area contributed by atoms with E-state index >= 15 is 0 Å². The smallest absolute Gasteiger partial charge is 0.230 e. The fourth-order valence-electron chi connectivity index (χ4n) is 1.92. The summed E-state index contributed by atoms with van der Waals surface area (Å²) in [7, 11) is 0. The molecule has 0 heterocycles. The van der Waals surface area contributed by atoms with E-state index < -0.39 is 6.10 Å². The number of rotatable bonds is 7. The number of hydrogen-bond acceptors (Lipinski definition) is 3. The van der Waals surface area contributed by atoms with Crippen LogP contribution in [0, 0.1) is 5.82 Å². The third kappa shape index (κ3) is 5.16. The Bertz CT molecular complexity index is 607. The molecule has 0 radical (unpaired) electrons. The van der Waals surface area contributed by atoms with E-state index in [4.69, 9.17) is 0 Å². The summed E-state index contributed by atoms with van der Waals surface area (Å²) >= 11 is 1.35. The first-order valence-electron chi connectivity index (χ1n) is 6.97. The minimum absolute atomic E-state index is 0.173. The number of carbonyl (C=O) groups excluding carboxylic acids is 1. The maximum absolute atomic E-state index is 13.4. The first-order valence-corrected chi connectivity index (χ1v) is 8.13. The molecule has 1 atom stereocenters. The zero-order valence-corrected chi connectivity index (χ0v) is 12.9. The maximum atomic E-state index is 13.4. The van der Waals surface area contributed by atoms with Crippen LogP contribution >= 0.6 is 11.8 Å². The standard InChI is InChI=1S/C17H18FNO2S/c18-15-9-5-4-8-14(15)10-19-17(21)12-22-11-16(20)13-6-2-1-3-7-13/h1-9,16,20H,10-12H2,(H,19,21)/t16-/m1/s1. The van der Waals surface area contributed by atoms with Crippen LogP contribution in [0.15, 0.2) is 54.6 Å². The summed E-state index contributed by atoms with van der Waals surface area (Å²) in [5.74, 6) is 0.179. The second-order valence-electron chi connectivity index (χ2n) is 4.81. The van der Waals surface area contributed by atoms with E-state index in [-0.39, 0.29) is 24.0 Å². The molecule has 1 amide bonds. The molecular formula is C17H18FNO2S. The van der Waals surface area contributed by atoms with Gasteiger partial charge in [-0.2, -0.15) is 0 Å². The van der Waals surface area contributed by atoms with Gasteiger partial charge in [-0.05, 0) is 11.6 Å². The van der Waals surface area contributed by atoms with Gasteiger partial charge in [-0.15, -0.1) is 11.8 Å². The highest BCUT2D eigenvalue weighted by Gasteiger charge is 2.09. The lowest BCUT2D eigenvalue weighted by molar-refractivity contribution is -0.118. The van der Waals surface area contributed by atoms with Crippen LogP contribution in [0.5, 0.6) is 0 Å². The molecule has 0 saturated heterocycles. The van der Waals surface area contributed by atoms with E-state index in [2.05, 4.69) is 5.32 Å². The minimum Gasteiger partial charge on any atom is -0.388 e. The summed E-state index contributed by atoms with van der Waals surface area (Å²) in [5.41, 5.74) is 1.30. The number of aliphatic hydroxyl groups excluding tert-OH is 1. The molecule has 116 valence electrons. The van der Waals surface area contributed by atoms with E-state index in [1.165, 1.54) is 17.8 Å². The Hall–Kier alpha value is -1.85. The number of aliphatic hydroxyl groups is 1. The van der Waals surface area contributed by atoms with Crippen LogP contribution in [0.25, 0.3) is 0 Å². The molecule has 0 spiro atoms. The summed E-state index contributed by atoms with van der Waals surface area (Å²) in [6.07, 6.45) is -0.592. The fraction of sp³-hybridized carbons (Fsp3) is 0.235. The second-order valence-corrected chi connectivity index (χ2v) is 5.84. The fourth-order valence-corrected chi connectivity index (χ4v) is 2.74. The van der Waals surface area contributed by atoms with Gasteiger partial charge in [0.1, 0.15) is 5.82 Å². The zero-order chi connectivity index (χ0) is 15.8. The van der Waals surface area contributed by atoms with Crippen molar-refractivity contribution in [3.63, 3.8) is 0 Å². The van der Waals surface area contributed by atoms with Crippen LogP contribution in [-0.4, -0.2) is 22.5 Å². The lowest BCUT2D eigenvalue weighted by Gasteiger charge is -2.10. The molecule has 2 aromatic rings. The van der Waals surface area contributed by atoms with Crippen molar-refractivity contribution in [3.05, 3.63) is 71.5 Å². The van der Waals surface area contributed by atoms with E-state index in [0.717, 1.165) is 5.56 Å². The Kier molecular flexibility index (Phi) is 6.43. The molecule has 2 rings (SSSR count). The molecule has 0 fully saturated rings. The number of halogens is 1. The van der Waals surface area contributed by atoms with Gasteiger partial charge in [-0.25, -0.2) is 4.39 Å². The molecule has 3 nitrogen and oxygen atoms in total. The number of hydrogen-bond donors (Lipinski definition) is 2. The summed E-state index contributed by atoms with van der Waals surface area (Å²) < 4.78 is 13.4. The average Bonchev–Trinajstić information content (AvgIpc) is 2.55. The van der Waals surface area contributed by atoms with Gasteiger partial charge >= 0.3 is 0 Å². The lowest BCUT2D eigenvalue weighted by atomic mass is 10.1. The van der Waals surface area contributed by atoms with Gasteiger partial charge in [0, 0.05) is 17.9 Å². The van der Waals surface area contributed by atoms with Crippen LogP contribution in [0.2, 0.25) is 0 Å². The molecule has 0 aliphatic rings. The molecule has 2 N–H and O–H groups in total. The summed E-state index contributed by atoms with van der Waals surface area (Å²) in [5, 5.41) is 12.6. The number of benzene rings is 2. The molecule has 22 heavy (non-hydrogen) atoms. The van der Waals surface area contributed by atoms with Crippen LogP contribution in [0.1, 0.15) is 17.2 Å². The van der Waals surface area contributed by atoms with Crippen molar-refractivity contribution < 1.29 is 14.3 Å². The molecule has 5 heteroatoms. The van der Waals surface area contributed by atoms with Crippen molar-refractivity contribution in [2.24, 2.45) is 0 Å². The maximum Gasteiger partial charge on any atom is 0.230 e. The minimum atomic E-state index is -0.592. The molecule has 0 unspecified atom stereocenters. The Morgan fingerprint density at radius 1 is 1.14 bits per heavy atom. The second kappa shape index (κ2) is 8.56. The van der Waals surface area contributed by atoms with Gasteiger partial charge in [0.2, 0.25) is 5.91 Å². The number of amides is 1. The Balaban J connectivity index is 1.69. The number of nitrogens with one attached hydrogen (secondary N) is 1. The quantitative estimate of drug-likeness (QED) is 0.825. The third-order valence-electron chi connectivity index (χ3n) is 3.13. The number of thioether (sulfide) groups is 1. The van der Waals surface area contributed by atoms with Gasteiger partial charge in [0.15, 0.2) is 0 Å². The van der Waals surface area contributed by atoms with Gasteiger partial charge in [-0.3, -0.25) is 4.79 Å². The van der Waals surface area contributed by atoms with Crippen LogP contribution in [0.4, 0.5) is 4.39 Å². The lowest BCUT2D eigenvalue weighted by Crippen LogP contribution is -2.25. The molecule has 0 aliphatic carbocycles. The van der Waals surface area contributed by atoms with Gasteiger partial charge in [-0.1, -0.05) is 48.5 Å². The monoisotopic (exact) mass is 319 g/mol. The molecule has 0 bridgehead atoms. The highest BCUT2D eigenvalue weighted by atomic mass is 32.2. The molecule has 2 aromatic carbocycles. The van der Waals surface area contributed by atoms with Crippen molar-refractivity contribution in [2.45, 2.75) is 12.6 Å². The molecule has 0 aromatic heterocycles. The third-order valence-corrected chi connectivity index (χ3v) is 4.14. The summed E-state index contributed by atoms with van der Waals surface area (Å²) in [6.45, 7) is 0.174. The number of carbonyl (C=O) groups is 1. The molecule has 0 aliphatic heterocycles.